The molecule has 2 fully saturated rings. The summed E-state index contributed by atoms with van der Waals surface area (Å²) in [6.07, 6.45) is 0.513. The maximum atomic E-state index is 14.9. The molecule has 4 heterocycles. The SMILES string of the molecule is CCc1cc(F)c2nc(N3CCC(N[C@@H]4CCCOC4)CC3)c(-c3nc(C)no3)cc2c1.O=C(O)[C@H](O)[C@@H](O)C(=O)O. The number of ether oxygens (including phenoxy) is 1. The van der Waals surface area contributed by atoms with Crippen molar-refractivity contribution in [2.24, 2.45) is 0 Å². The number of nitrogens with one attached hydrogen (secondary N) is 1. The maximum Gasteiger partial charge on any atom is 0.335 e. The molecule has 1 aromatic carbocycles. The van der Waals surface area contributed by atoms with E-state index in [1.54, 1.807) is 13.0 Å². The highest BCUT2D eigenvalue weighted by atomic mass is 19.1. The molecule has 2 aromatic heterocycles. The number of benzene rings is 1. The zero-order valence-electron chi connectivity index (χ0n) is 23.5. The minimum atomic E-state index is -2.27. The van der Waals surface area contributed by atoms with Crippen LogP contribution >= 0.6 is 0 Å². The summed E-state index contributed by atoms with van der Waals surface area (Å²) in [4.78, 5) is 31.0. The van der Waals surface area contributed by atoms with Crippen molar-refractivity contribution in [3.05, 3.63) is 35.4 Å². The Balaban J connectivity index is 0.000000349. The van der Waals surface area contributed by atoms with Gasteiger partial charge in [0, 0.05) is 37.2 Å². The van der Waals surface area contributed by atoms with Crippen molar-refractivity contribution in [2.75, 3.05) is 31.2 Å². The fourth-order valence-electron chi connectivity index (χ4n) is 5.04. The number of fused-ring (bicyclic) bond motifs is 1. The fraction of sp³-hybridized carbons (Fsp3) is 0.536. The number of rotatable bonds is 8. The molecule has 0 radical (unpaired) electrons. The molecule has 0 saturated carbocycles. The second-order valence-electron chi connectivity index (χ2n) is 10.4. The summed E-state index contributed by atoms with van der Waals surface area (Å²) in [5.41, 5.74) is 2.09. The number of pyridine rings is 1. The number of aliphatic carboxylic acids is 2. The number of aliphatic hydroxyl groups excluding tert-OH is 2. The lowest BCUT2D eigenvalue weighted by Gasteiger charge is -2.36. The zero-order valence-corrected chi connectivity index (χ0v) is 23.5. The van der Waals surface area contributed by atoms with Crippen LogP contribution in [0.3, 0.4) is 0 Å². The Morgan fingerprint density at radius 1 is 1.07 bits per heavy atom. The van der Waals surface area contributed by atoms with Gasteiger partial charge >= 0.3 is 11.9 Å². The lowest BCUT2D eigenvalue weighted by molar-refractivity contribution is -0.165. The maximum absolute atomic E-state index is 14.9. The molecule has 228 valence electrons. The number of carboxylic acid groups (broad SMARTS) is 2. The Morgan fingerprint density at radius 2 is 1.76 bits per heavy atom. The van der Waals surface area contributed by atoms with Crippen molar-refractivity contribution in [2.45, 2.75) is 70.2 Å². The second-order valence-corrected chi connectivity index (χ2v) is 10.4. The van der Waals surface area contributed by atoms with Crippen molar-refractivity contribution in [1.82, 2.24) is 20.4 Å². The van der Waals surface area contributed by atoms with E-state index in [4.69, 9.17) is 34.7 Å². The minimum absolute atomic E-state index is 0.289. The van der Waals surface area contributed by atoms with E-state index < -0.39 is 24.1 Å². The van der Waals surface area contributed by atoms with Crippen molar-refractivity contribution in [1.29, 1.82) is 0 Å². The zero-order chi connectivity index (χ0) is 30.4. The molecule has 0 aliphatic carbocycles. The van der Waals surface area contributed by atoms with Gasteiger partial charge in [-0.2, -0.15) is 4.98 Å². The molecule has 5 N–H and O–H groups in total. The molecular formula is C28H36FN5O8. The Labute approximate surface area is 241 Å². The first-order valence-electron chi connectivity index (χ1n) is 13.9. The Morgan fingerprint density at radius 3 is 2.31 bits per heavy atom. The van der Waals surface area contributed by atoms with Gasteiger partial charge < -0.3 is 39.9 Å². The molecular weight excluding hydrogens is 553 g/mol. The van der Waals surface area contributed by atoms with Crippen LogP contribution in [0.1, 0.15) is 44.0 Å². The van der Waals surface area contributed by atoms with Crippen molar-refractivity contribution < 1.29 is 43.7 Å². The molecule has 3 aromatic rings. The van der Waals surface area contributed by atoms with Crippen LogP contribution in [0.5, 0.6) is 0 Å². The normalized spacial score (nSPS) is 19.2. The Hall–Kier alpha value is -3.72. The monoisotopic (exact) mass is 589 g/mol. The Bertz CT molecular complexity index is 1370. The van der Waals surface area contributed by atoms with E-state index in [1.165, 1.54) is 6.42 Å². The van der Waals surface area contributed by atoms with Gasteiger partial charge in [-0.15, -0.1) is 0 Å². The van der Waals surface area contributed by atoms with E-state index in [9.17, 15) is 14.0 Å². The quantitative estimate of drug-likeness (QED) is 0.256. The molecule has 42 heavy (non-hydrogen) atoms. The van der Waals surface area contributed by atoms with Gasteiger partial charge in [0.1, 0.15) is 17.2 Å². The molecule has 14 heteroatoms. The van der Waals surface area contributed by atoms with Crippen LogP contribution < -0.4 is 10.2 Å². The molecule has 0 unspecified atom stereocenters. The fourth-order valence-corrected chi connectivity index (χ4v) is 5.04. The van der Waals surface area contributed by atoms with Gasteiger partial charge in [-0.25, -0.2) is 19.0 Å². The molecule has 2 saturated heterocycles. The van der Waals surface area contributed by atoms with Crippen LogP contribution in [0.4, 0.5) is 10.2 Å². The number of hydrogen-bond donors (Lipinski definition) is 5. The third kappa shape index (κ3) is 7.56. The van der Waals surface area contributed by atoms with Crippen LogP contribution in [0.25, 0.3) is 22.4 Å². The van der Waals surface area contributed by atoms with Gasteiger partial charge in [0.25, 0.3) is 5.89 Å². The number of carboxylic acids is 2. The van der Waals surface area contributed by atoms with E-state index in [-0.39, 0.29) is 5.82 Å². The first kappa shape index (κ1) is 31.2. The van der Waals surface area contributed by atoms with E-state index in [0.717, 1.165) is 68.5 Å². The molecule has 5 rings (SSSR count). The number of aromatic nitrogens is 3. The second kappa shape index (κ2) is 14.0. The average molecular weight is 590 g/mol. The van der Waals surface area contributed by atoms with E-state index >= 15 is 0 Å². The van der Waals surface area contributed by atoms with E-state index in [1.807, 2.05) is 19.1 Å². The van der Waals surface area contributed by atoms with Crippen LogP contribution in [-0.4, -0.2) is 98.1 Å². The predicted molar refractivity (Wildman–Crippen MR) is 149 cm³/mol. The predicted octanol–water partition coefficient (Wildman–Crippen LogP) is 1.91. The number of halogens is 1. The minimum Gasteiger partial charge on any atom is -0.479 e. The van der Waals surface area contributed by atoms with Gasteiger partial charge in [-0.1, -0.05) is 12.1 Å². The van der Waals surface area contributed by atoms with E-state index in [0.29, 0.717) is 35.1 Å². The standard InChI is InChI=1S/C24H30FN5O2.C4H6O6/c1-3-16-11-17-13-20(24-26-15(2)29-32-24)23(28-22(17)21(25)12-16)30-8-6-18(7-9-30)27-19-5-4-10-31-14-19;5-1(3(7)8)2(6)4(9)10/h11-13,18-19,27H,3-10,14H2,1-2H3;1-2,5-6H,(H,7,8)(H,9,10)/t19-;1-,2-/m11/s1. The van der Waals surface area contributed by atoms with Crippen LogP contribution in [0.15, 0.2) is 22.7 Å². The topological polar surface area (TPSA) is 191 Å². The van der Waals surface area contributed by atoms with Gasteiger partial charge in [-0.05, 0) is 62.8 Å². The van der Waals surface area contributed by atoms with Crippen LogP contribution in [-0.2, 0) is 20.7 Å². The summed E-state index contributed by atoms with van der Waals surface area (Å²) in [6, 6.07) is 6.41. The lowest BCUT2D eigenvalue weighted by Crippen LogP contribution is -2.48. The average Bonchev–Trinajstić information content (AvgIpc) is 3.43. The molecule has 0 amide bonds. The van der Waals surface area contributed by atoms with Crippen LogP contribution in [0, 0.1) is 12.7 Å². The largest absolute Gasteiger partial charge is 0.479 e. The summed E-state index contributed by atoms with van der Waals surface area (Å²) in [5.74, 6) is -2.12. The van der Waals surface area contributed by atoms with Crippen LogP contribution in [0.2, 0.25) is 0 Å². The van der Waals surface area contributed by atoms with Gasteiger partial charge in [0.05, 0.1) is 12.2 Å². The smallest absolute Gasteiger partial charge is 0.335 e. The number of nitrogens with zero attached hydrogens (tertiary/aromatic N) is 4. The summed E-state index contributed by atoms with van der Waals surface area (Å²) in [7, 11) is 0. The van der Waals surface area contributed by atoms with Gasteiger partial charge in [-0.3, -0.25) is 0 Å². The molecule has 0 bridgehead atoms. The van der Waals surface area contributed by atoms with E-state index in [2.05, 4.69) is 20.4 Å². The van der Waals surface area contributed by atoms with Crippen molar-refractivity contribution in [3.8, 4) is 11.5 Å². The van der Waals surface area contributed by atoms with Crippen molar-refractivity contribution in [3.63, 3.8) is 0 Å². The highest BCUT2D eigenvalue weighted by Gasteiger charge is 2.29. The number of piperidine rings is 1. The molecule has 0 spiro atoms. The Kier molecular flexibility index (Phi) is 10.4. The summed E-state index contributed by atoms with van der Waals surface area (Å²) in [5, 5.41) is 41.0. The molecule has 13 nitrogen and oxygen atoms in total. The number of aryl methyl sites for hydroxylation is 2. The van der Waals surface area contributed by atoms with Gasteiger partial charge in [0.15, 0.2) is 18.0 Å². The highest BCUT2D eigenvalue weighted by Crippen LogP contribution is 2.34. The highest BCUT2D eigenvalue weighted by molar-refractivity contribution is 5.89. The molecule has 2 aliphatic heterocycles. The van der Waals surface area contributed by atoms with Crippen molar-refractivity contribution >= 4 is 28.7 Å². The summed E-state index contributed by atoms with van der Waals surface area (Å²) < 4.78 is 26.0. The third-order valence-corrected chi connectivity index (χ3v) is 7.31. The third-order valence-electron chi connectivity index (χ3n) is 7.31. The number of hydrogen-bond acceptors (Lipinski definition) is 11. The number of anilines is 1. The summed E-state index contributed by atoms with van der Waals surface area (Å²) in [6.45, 7) is 7.14. The molecule has 3 atom stereocenters. The summed E-state index contributed by atoms with van der Waals surface area (Å²) >= 11 is 0. The first-order chi connectivity index (χ1) is 20.1. The number of carbonyl (C=O) groups is 2. The first-order valence-corrected chi connectivity index (χ1v) is 13.9. The number of aliphatic hydroxyl groups is 2. The molecule has 2 aliphatic rings. The van der Waals surface area contributed by atoms with Gasteiger partial charge in [0.2, 0.25) is 0 Å². The lowest BCUT2D eigenvalue weighted by atomic mass is 10.0.